The first-order chi connectivity index (χ1) is 13.8. The van der Waals surface area contributed by atoms with Gasteiger partial charge in [-0.15, -0.1) is 5.10 Å². The molecule has 5 nitrogen and oxygen atoms in total. The van der Waals surface area contributed by atoms with Gasteiger partial charge in [-0.3, -0.25) is 0 Å². The Bertz CT molecular complexity index is 958. The van der Waals surface area contributed by atoms with E-state index >= 15 is 0 Å². The molecule has 0 aliphatic heterocycles. The van der Waals surface area contributed by atoms with Gasteiger partial charge in [0.15, 0.2) is 6.10 Å². The van der Waals surface area contributed by atoms with Crippen LogP contribution >= 0.6 is 0 Å². The number of benzene rings is 1. The van der Waals surface area contributed by atoms with Gasteiger partial charge in [-0.25, -0.2) is 13.6 Å². The lowest BCUT2D eigenvalue weighted by molar-refractivity contribution is -0.184. The number of nitrogens with zero attached hydrogens (tertiary/aromatic N) is 2. The van der Waals surface area contributed by atoms with Gasteiger partial charge in [-0.1, -0.05) is 26.8 Å². The lowest BCUT2D eigenvalue weighted by atomic mass is 9.77. The highest BCUT2D eigenvalue weighted by atomic mass is 19.1. The fraction of sp³-hybridized carbons (Fsp3) is 0.500. The number of esters is 1. The summed E-state index contributed by atoms with van der Waals surface area (Å²) in [4.78, 5) is 12.2. The Morgan fingerprint density at radius 3 is 2.59 bits per heavy atom. The minimum Gasteiger partial charge on any atom is -0.467 e. The standard InChI is InChI=1S/C22H24F2N2O3/c1-5-17(20(27)28-4)29-22-10-9-13(21(22,2)3)12-11-16(25-26-19(12)22)18-14(23)7-6-8-15(18)24/h6-8,11,13,17H,5,9-10H2,1-4H3/t13-,17-,22-/m0/s1. The molecule has 0 amide bonds. The van der Waals surface area contributed by atoms with Crippen LogP contribution in [0.25, 0.3) is 11.3 Å². The highest BCUT2D eigenvalue weighted by molar-refractivity contribution is 5.74. The number of carbonyl (C=O) groups excluding carboxylic acids is 1. The molecule has 0 N–H and O–H groups in total. The van der Waals surface area contributed by atoms with Gasteiger partial charge in [0, 0.05) is 5.41 Å². The first-order valence-corrected chi connectivity index (χ1v) is 9.85. The van der Waals surface area contributed by atoms with Crippen LogP contribution in [0.2, 0.25) is 0 Å². The van der Waals surface area contributed by atoms with Gasteiger partial charge in [0.05, 0.1) is 24.1 Å². The third kappa shape index (κ3) is 2.70. The SMILES string of the molecule is CC[C@H](O[C@@]12CC[C@@H](c3cc(-c4c(F)cccc4F)nnc31)C2(C)C)C(=O)OC. The molecule has 1 saturated carbocycles. The van der Waals surface area contributed by atoms with E-state index in [1.54, 1.807) is 6.07 Å². The van der Waals surface area contributed by atoms with Gasteiger partial charge in [0.2, 0.25) is 0 Å². The summed E-state index contributed by atoms with van der Waals surface area (Å²) in [5.74, 6) is -1.68. The Morgan fingerprint density at radius 1 is 1.28 bits per heavy atom. The molecule has 2 bridgehead atoms. The topological polar surface area (TPSA) is 61.3 Å². The maximum absolute atomic E-state index is 14.3. The van der Waals surface area contributed by atoms with E-state index in [1.165, 1.54) is 25.3 Å². The smallest absolute Gasteiger partial charge is 0.335 e. The van der Waals surface area contributed by atoms with Crippen LogP contribution in [0, 0.1) is 17.0 Å². The zero-order chi connectivity index (χ0) is 21.0. The Hall–Kier alpha value is -2.41. The highest BCUT2D eigenvalue weighted by Crippen LogP contribution is 2.68. The van der Waals surface area contributed by atoms with Gasteiger partial charge in [-0.05, 0) is 48.9 Å². The number of hydrogen-bond acceptors (Lipinski definition) is 5. The van der Waals surface area contributed by atoms with Crippen LogP contribution in [-0.2, 0) is 19.9 Å². The third-order valence-electron chi connectivity index (χ3n) is 6.68. The highest BCUT2D eigenvalue weighted by Gasteiger charge is 2.65. The van der Waals surface area contributed by atoms with Crippen molar-refractivity contribution in [3.05, 3.63) is 47.2 Å². The monoisotopic (exact) mass is 402 g/mol. The van der Waals surface area contributed by atoms with Crippen molar-refractivity contribution in [1.82, 2.24) is 10.2 Å². The van der Waals surface area contributed by atoms with E-state index in [1.807, 2.05) is 6.92 Å². The molecule has 1 heterocycles. The van der Waals surface area contributed by atoms with Crippen LogP contribution < -0.4 is 0 Å². The predicted octanol–water partition coefficient (Wildman–Crippen LogP) is 4.50. The van der Waals surface area contributed by atoms with E-state index in [0.717, 1.165) is 12.0 Å². The summed E-state index contributed by atoms with van der Waals surface area (Å²) >= 11 is 0. The molecular formula is C22H24F2N2O3. The van der Waals surface area contributed by atoms with Gasteiger partial charge in [-0.2, -0.15) is 5.10 Å². The second-order valence-corrected chi connectivity index (χ2v) is 8.31. The fourth-order valence-electron chi connectivity index (χ4n) is 5.07. The fourth-order valence-corrected chi connectivity index (χ4v) is 5.07. The maximum atomic E-state index is 14.3. The van der Waals surface area contributed by atoms with E-state index in [0.29, 0.717) is 18.5 Å². The normalized spacial score (nSPS) is 25.0. The zero-order valence-electron chi connectivity index (χ0n) is 17.0. The lowest BCUT2D eigenvalue weighted by Crippen LogP contribution is -2.44. The molecule has 2 aromatic rings. The number of halogens is 2. The van der Waals surface area contributed by atoms with E-state index < -0.39 is 29.3 Å². The van der Waals surface area contributed by atoms with E-state index in [4.69, 9.17) is 9.47 Å². The first kappa shape index (κ1) is 19.9. The van der Waals surface area contributed by atoms with E-state index in [-0.39, 0.29) is 22.6 Å². The molecule has 7 heteroatoms. The third-order valence-corrected chi connectivity index (χ3v) is 6.68. The van der Waals surface area contributed by atoms with Crippen LogP contribution in [0.3, 0.4) is 0 Å². The first-order valence-electron chi connectivity index (χ1n) is 9.85. The van der Waals surface area contributed by atoms with Crippen molar-refractivity contribution in [2.75, 3.05) is 7.11 Å². The number of ether oxygens (including phenoxy) is 2. The second kappa shape index (κ2) is 6.83. The molecule has 2 aliphatic carbocycles. The molecule has 3 atom stereocenters. The van der Waals surface area contributed by atoms with Gasteiger partial charge in [0.1, 0.15) is 17.2 Å². The Kier molecular flexibility index (Phi) is 4.69. The molecular weight excluding hydrogens is 378 g/mol. The van der Waals surface area contributed by atoms with Crippen molar-refractivity contribution in [1.29, 1.82) is 0 Å². The quantitative estimate of drug-likeness (QED) is 0.689. The maximum Gasteiger partial charge on any atom is 0.335 e. The minimum absolute atomic E-state index is 0.0942. The summed E-state index contributed by atoms with van der Waals surface area (Å²) in [5.41, 5.74) is 0.381. The van der Waals surface area contributed by atoms with Crippen LogP contribution in [0.15, 0.2) is 24.3 Å². The van der Waals surface area contributed by atoms with Crippen molar-refractivity contribution in [3.8, 4) is 11.3 Å². The summed E-state index contributed by atoms with van der Waals surface area (Å²) in [6.45, 7) is 6.03. The largest absolute Gasteiger partial charge is 0.467 e. The number of carbonyl (C=O) groups is 1. The second-order valence-electron chi connectivity index (χ2n) is 8.31. The van der Waals surface area contributed by atoms with Gasteiger partial charge < -0.3 is 9.47 Å². The average molecular weight is 402 g/mol. The number of rotatable bonds is 5. The molecule has 29 heavy (non-hydrogen) atoms. The minimum atomic E-state index is -0.791. The van der Waals surface area contributed by atoms with Gasteiger partial charge >= 0.3 is 5.97 Å². The van der Waals surface area contributed by atoms with Crippen LogP contribution in [0.5, 0.6) is 0 Å². The zero-order valence-corrected chi connectivity index (χ0v) is 17.0. The molecule has 0 unspecified atom stereocenters. The molecule has 0 saturated heterocycles. The van der Waals surface area contributed by atoms with Crippen LogP contribution in [0.4, 0.5) is 8.78 Å². The molecule has 1 aromatic heterocycles. The molecule has 0 spiro atoms. The summed E-state index contributed by atoms with van der Waals surface area (Å²) < 4.78 is 39.8. The Morgan fingerprint density at radius 2 is 1.97 bits per heavy atom. The number of hydrogen-bond donors (Lipinski definition) is 0. The average Bonchev–Trinajstić information content (AvgIpc) is 3.05. The Labute approximate surface area is 168 Å². The Balaban J connectivity index is 1.82. The summed E-state index contributed by atoms with van der Waals surface area (Å²) in [5, 5.41) is 8.52. The number of aromatic nitrogens is 2. The molecule has 4 rings (SSSR count). The lowest BCUT2D eigenvalue weighted by Gasteiger charge is -2.39. The summed E-state index contributed by atoms with van der Waals surface area (Å²) in [6, 6.07) is 5.45. The predicted molar refractivity (Wildman–Crippen MR) is 102 cm³/mol. The summed E-state index contributed by atoms with van der Waals surface area (Å²) in [7, 11) is 1.34. The van der Waals surface area contributed by atoms with Crippen molar-refractivity contribution < 1.29 is 23.0 Å². The van der Waals surface area contributed by atoms with E-state index in [2.05, 4.69) is 24.0 Å². The number of fused-ring (bicyclic) bond motifs is 5. The molecule has 1 fully saturated rings. The van der Waals surface area contributed by atoms with Crippen molar-refractivity contribution >= 4 is 5.97 Å². The van der Waals surface area contributed by atoms with Crippen molar-refractivity contribution in [3.63, 3.8) is 0 Å². The summed E-state index contributed by atoms with van der Waals surface area (Å²) in [6.07, 6.45) is 1.29. The molecule has 1 aromatic carbocycles. The number of methoxy groups -OCH3 is 1. The van der Waals surface area contributed by atoms with Crippen LogP contribution in [-0.4, -0.2) is 29.4 Å². The van der Waals surface area contributed by atoms with Crippen molar-refractivity contribution in [2.24, 2.45) is 5.41 Å². The van der Waals surface area contributed by atoms with Crippen molar-refractivity contribution in [2.45, 2.75) is 57.7 Å². The van der Waals surface area contributed by atoms with Crippen LogP contribution in [0.1, 0.15) is 57.2 Å². The molecule has 0 radical (unpaired) electrons. The van der Waals surface area contributed by atoms with E-state index in [9.17, 15) is 13.6 Å². The van der Waals surface area contributed by atoms with Gasteiger partial charge in [0.25, 0.3) is 0 Å². The molecule has 154 valence electrons. The molecule has 2 aliphatic rings.